The molecule has 1 atom stereocenters. The van der Waals surface area contributed by atoms with Gasteiger partial charge in [0.25, 0.3) is 17.6 Å². The van der Waals surface area contributed by atoms with E-state index >= 15 is 0 Å². The van der Waals surface area contributed by atoms with Crippen molar-refractivity contribution in [1.82, 2.24) is 19.8 Å². The number of aromatic nitrogens is 2. The fourth-order valence-corrected chi connectivity index (χ4v) is 3.45. The summed E-state index contributed by atoms with van der Waals surface area (Å²) in [4.78, 5) is 58.0. The van der Waals surface area contributed by atoms with Crippen molar-refractivity contribution in [3.63, 3.8) is 0 Å². The third-order valence-corrected chi connectivity index (χ3v) is 4.95. The number of β-amino-alcohol motifs (C(OH)–C–C–N with tert-alkyl or cyclic N) is 1. The largest absolute Gasteiger partial charge is 0.372 e. The maximum Gasteiger partial charge on any atom is 0.297 e. The molecule has 29 heavy (non-hydrogen) atoms. The van der Waals surface area contributed by atoms with Crippen molar-refractivity contribution in [2.75, 3.05) is 19.6 Å². The van der Waals surface area contributed by atoms with Crippen LogP contribution >= 0.6 is 0 Å². The Morgan fingerprint density at radius 3 is 2.52 bits per heavy atom. The van der Waals surface area contributed by atoms with Crippen molar-refractivity contribution >= 4 is 28.6 Å². The summed E-state index contributed by atoms with van der Waals surface area (Å²) in [5.41, 5.74) is 0.373. The number of pyridine rings is 1. The number of nitrogens with zero attached hydrogens (tertiary/aromatic N) is 2. The van der Waals surface area contributed by atoms with Gasteiger partial charge in [-0.3, -0.25) is 19.2 Å². The Hall–Kier alpha value is -3.72. The molecule has 1 saturated heterocycles. The molecule has 0 saturated carbocycles. The van der Waals surface area contributed by atoms with Gasteiger partial charge in [0.1, 0.15) is 11.9 Å². The van der Waals surface area contributed by atoms with E-state index in [0.29, 0.717) is 11.2 Å². The standard InChI is InChI=1S/C20H18N4O5/c25-14-6-7-21-18-16(14)13(10-22-18)17(27)20(29)24-9-8-23(11-15(24)26)19(28)12-4-2-1-3-5-12/h1-7,10,15,26H,8-9,11H2,(H2,21,22,25)/t15-/m1/s1. The molecule has 1 aliphatic rings. The number of ketones is 1. The molecule has 9 heteroatoms. The molecule has 0 radical (unpaired) electrons. The van der Waals surface area contributed by atoms with Crippen LogP contribution < -0.4 is 5.43 Å². The Balaban J connectivity index is 1.51. The number of hydrogen-bond donors (Lipinski definition) is 3. The number of nitrogens with one attached hydrogen (secondary N) is 2. The molecule has 1 aliphatic heterocycles. The molecule has 9 nitrogen and oxygen atoms in total. The normalized spacial score (nSPS) is 16.8. The van der Waals surface area contributed by atoms with E-state index in [-0.39, 0.29) is 36.5 Å². The summed E-state index contributed by atoms with van der Waals surface area (Å²) >= 11 is 0. The molecular weight excluding hydrogens is 376 g/mol. The first-order chi connectivity index (χ1) is 14.0. The number of benzene rings is 1. The third-order valence-electron chi connectivity index (χ3n) is 4.95. The average molecular weight is 394 g/mol. The summed E-state index contributed by atoms with van der Waals surface area (Å²) in [6.45, 7) is 0.0719. The Labute approximate surface area is 164 Å². The number of hydrogen-bond acceptors (Lipinski definition) is 5. The predicted octanol–water partition coefficient (Wildman–Crippen LogP) is 0.342. The van der Waals surface area contributed by atoms with Gasteiger partial charge in [-0.25, -0.2) is 0 Å². The van der Waals surface area contributed by atoms with Crippen LogP contribution in [-0.2, 0) is 4.79 Å². The van der Waals surface area contributed by atoms with Crippen LogP contribution in [-0.4, -0.2) is 68.3 Å². The number of fused-ring (bicyclic) bond motifs is 1. The molecule has 4 rings (SSSR count). The maximum atomic E-state index is 12.7. The molecule has 1 aromatic carbocycles. The molecule has 3 heterocycles. The number of piperazine rings is 1. The van der Waals surface area contributed by atoms with Crippen molar-refractivity contribution in [3.8, 4) is 0 Å². The average Bonchev–Trinajstić information content (AvgIpc) is 3.18. The lowest BCUT2D eigenvalue weighted by Gasteiger charge is -2.38. The highest BCUT2D eigenvalue weighted by molar-refractivity contribution is 6.44. The van der Waals surface area contributed by atoms with Crippen LogP contribution in [0, 0.1) is 0 Å². The number of H-pyrrole nitrogens is 2. The summed E-state index contributed by atoms with van der Waals surface area (Å²) in [5, 5.41) is 10.5. The predicted molar refractivity (Wildman–Crippen MR) is 103 cm³/mol. The SMILES string of the molecule is O=C(C(=O)N1CCN(C(=O)c2ccccc2)C[C@H]1O)c1c[nH]c2[nH]ccc(=O)c12. The minimum Gasteiger partial charge on any atom is -0.372 e. The molecule has 2 aromatic heterocycles. The van der Waals surface area contributed by atoms with Crippen molar-refractivity contribution in [2.24, 2.45) is 0 Å². The van der Waals surface area contributed by atoms with Gasteiger partial charge in [-0.1, -0.05) is 18.2 Å². The molecule has 0 spiro atoms. The van der Waals surface area contributed by atoms with Crippen LogP contribution in [0.5, 0.6) is 0 Å². The summed E-state index contributed by atoms with van der Waals surface area (Å²) in [7, 11) is 0. The maximum absolute atomic E-state index is 12.7. The molecule has 0 bridgehead atoms. The number of carbonyl (C=O) groups excluding carboxylic acids is 3. The number of aromatic amines is 2. The Morgan fingerprint density at radius 2 is 1.79 bits per heavy atom. The lowest BCUT2D eigenvalue weighted by Crippen LogP contribution is -2.57. The first-order valence-corrected chi connectivity index (χ1v) is 9.04. The lowest BCUT2D eigenvalue weighted by atomic mass is 10.1. The number of Topliss-reactive ketones (excluding diaryl/α,β-unsaturated/α-hetero) is 1. The van der Waals surface area contributed by atoms with Gasteiger partial charge >= 0.3 is 0 Å². The quantitative estimate of drug-likeness (QED) is 0.436. The summed E-state index contributed by atoms with van der Waals surface area (Å²) in [6, 6.07) is 9.88. The second-order valence-corrected chi connectivity index (χ2v) is 6.72. The van der Waals surface area contributed by atoms with E-state index in [1.165, 1.54) is 23.4 Å². The zero-order valence-electron chi connectivity index (χ0n) is 15.3. The van der Waals surface area contributed by atoms with Crippen LogP contribution in [0.1, 0.15) is 20.7 Å². The number of rotatable bonds is 3. The second kappa shape index (κ2) is 7.36. The van der Waals surface area contributed by atoms with Crippen molar-refractivity contribution < 1.29 is 19.5 Å². The number of carbonyl (C=O) groups is 3. The molecule has 2 amide bonds. The van der Waals surface area contributed by atoms with Crippen LogP contribution in [0.3, 0.4) is 0 Å². The van der Waals surface area contributed by atoms with Gasteiger partial charge in [0.15, 0.2) is 5.43 Å². The minimum atomic E-state index is -1.32. The van der Waals surface area contributed by atoms with E-state index in [4.69, 9.17) is 0 Å². The monoisotopic (exact) mass is 394 g/mol. The molecule has 3 aromatic rings. The molecule has 3 N–H and O–H groups in total. The highest BCUT2D eigenvalue weighted by Crippen LogP contribution is 2.17. The third kappa shape index (κ3) is 3.32. The molecule has 0 aliphatic carbocycles. The van der Waals surface area contributed by atoms with Crippen LogP contribution in [0.4, 0.5) is 0 Å². The molecule has 0 unspecified atom stereocenters. The first kappa shape index (κ1) is 18.6. The van der Waals surface area contributed by atoms with Crippen molar-refractivity contribution in [3.05, 3.63) is 70.1 Å². The molecule has 148 valence electrons. The summed E-state index contributed by atoms with van der Waals surface area (Å²) in [6.07, 6.45) is 1.41. The van der Waals surface area contributed by atoms with Crippen molar-refractivity contribution in [1.29, 1.82) is 0 Å². The van der Waals surface area contributed by atoms with Gasteiger partial charge in [-0.2, -0.15) is 0 Å². The Bertz CT molecular complexity index is 1150. The zero-order chi connectivity index (χ0) is 20.5. The second-order valence-electron chi connectivity index (χ2n) is 6.72. The minimum absolute atomic E-state index is 0.00300. The summed E-state index contributed by atoms with van der Waals surface area (Å²) < 4.78 is 0. The van der Waals surface area contributed by atoms with Gasteiger partial charge in [-0.05, 0) is 12.1 Å². The van der Waals surface area contributed by atoms with Crippen LogP contribution in [0.2, 0.25) is 0 Å². The highest BCUT2D eigenvalue weighted by atomic mass is 16.3. The first-order valence-electron chi connectivity index (χ1n) is 9.04. The van der Waals surface area contributed by atoms with Crippen molar-refractivity contribution in [2.45, 2.75) is 6.23 Å². The smallest absolute Gasteiger partial charge is 0.297 e. The van der Waals surface area contributed by atoms with Gasteiger partial charge in [0.2, 0.25) is 0 Å². The van der Waals surface area contributed by atoms with Crippen LogP contribution in [0.25, 0.3) is 11.0 Å². The zero-order valence-corrected chi connectivity index (χ0v) is 15.3. The lowest BCUT2D eigenvalue weighted by molar-refractivity contribution is -0.141. The van der Waals surface area contributed by atoms with E-state index in [0.717, 1.165) is 4.90 Å². The Kier molecular flexibility index (Phi) is 4.73. The van der Waals surface area contributed by atoms with Crippen LogP contribution in [0.15, 0.2) is 53.6 Å². The Morgan fingerprint density at radius 1 is 1.03 bits per heavy atom. The van der Waals surface area contributed by atoms with Gasteiger partial charge in [0, 0.05) is 37.1 Å². The summed E-state index contributed by atoms with van der Waals surface area (Å²) in [5.74, 6) is -2.07. The number of amides is 2. The van der Waals surface area contributed by atoms with E-state index in [1.807, 2.05) is 0 Å². The fraction of sp³-hybridized carbons (Fsp3) is 0.200. The van der Waals surface area contributed by atoms with E-state index < -0.39 is 23.3 Å². The van der Waals surface area contributed by atoms with Gasteiger partial charge in [0.05, 0.1) is 17.5 Å². The molecular formula is C20H18N4O5. The number of aliphatic hydroxyl groups excluding tert-OH is 1. The van der Waals surface area contributed by atoms with Gasteiger partial charge in [-0.15, -0.1) is 0 Å². The number of aliphatic hydroxyl groups is 1. The van der Waals surface area contributed by atoms with Gasteiger partial charge < -0.3 is 24.9 Å². The van der Waals surface area contributed by atoms with E-state index in [1.54, 1.807) is 30.3 Å². The fourth-order valence-electron chi connectivity index (χ4n) is 3.45. The van der Waals surface area contributed by atoms with E-state index in [9.17, 15) is 24.3 Å². The highest BCUT2D eigenvalue weighted by Gasteiger charge is 2.35. The topological polar surface area (TPSA) is 127 Å². The molecule has 1 fully saturated rings. The van der Waals surface area contributed by atoms with E-state index in [2.05, 4.69) is 9.97 Å².